The SMILES string of the molecule is O=C(O)CCC(=O)N=C=C=CC=C=C=NC(=O)[C@@H](Cc1ccc(O)c(Br)c1)OC(=O)N1CCC(N2CCc3ccccc3NC2=O)CC1. The average Bonchev–Trinajstić information content (AvgIpc) is 3.24. The summed E-state index contributed by atoms with van der Waals surface area (Å²) >= 11 is 3.24. The number of anilines is 1. The highest BCUT2D eigenvalue weighted by atomic mass is 79.9. The molecule has 0 aromatic heterocycles. The molecule has 0 bridgehead atoms. The van der Waals surface area contributed by atoms with Gasteiger partial charge in [0.1, 0.15) is 5.75 Å². The van der Waals surface area contributed by atoms with E-state index < -0.39 is 30.0 Å². The van der Waals surface area contributed by atoms with Crippen LogP contribution in [0.5, 0.6) is 5.75 Å². The first-order chi connectivity index (χ1) is 23.1. The number of piperidine rings is 1. The highest BCUT2D eigenvalue weighted by molar-refractivity contribution is 9.10. The molecule has 2 heterocycles. The zero-order valence-corrected chi connectivity index (χ0v) is 27.3. The molecule has 1 atom stereocenters. The molecule has 1 saturated heterocycles. The molecular weight excluding hydrogens is 686 g/mol. The first-order valence-electron chi connectivity index (χ1n) is 15.0. The van der Waals surface area contributed by atoms with Crippen molar-refractivity contribution in [1.29, 1.82) is 0 Å². The number of allylic oxidation sites excluding steroid dienone is 2. The number of carbonyl (C=O) groups is 5. The molecule has 1 fully saturated rings. The first kappa shape index (κ1) is 35.4. The van der Waals surface area contributed by atoms with Gasteiger partial charge in [-0.15, -0.1) is 0 Å². The zero-order chi connectivity index (χ0) is 34.5. The van der Waals surface area contributed by atoms with Crippen LogP contribution in [0, 0.1) is 0 Å². The number of hydrogen-bond acceptors (Lipinski definition) is 7. The summed E-state index contributed by atoms with van der Waals surface area (Å²) in [6, 6.07) is 12.1. The van der Waals surface area contributed by atoms with Crippen LogP contribution >= 0.6 is 15.9 Å². The Morgan fingerprint density at radius 1 is 1.02 bits per heavy atom. The maximum absolute atomic E-state index is 13.2. The number of fused-ring (bicyclic) bond motifs is 1. The summed E-state index contributed by atoms with van der Waals surface area (Å²) in [5.74, 6) is 1.98. The number of aliphatic carboxylic acids is 1. The number of hydrogen-bond donors (Lipinski definition) is 3. The largest absolute Gasteiger partial charge is 0.507 e. The quantitative estimate of drug-likeness (QED) is 0.194. The van der Waals surface area contributed by atoms with Crippen molar-refractivity contribution in [2.45, 2.75) is 50.7 Å². The van der Waals surface area contributed by atoms with Gasteiger partial charge in [-0.1, -0.05) is 24.3 Å². The Kier molecular flexibility index (Phi) is 12.9. The molecule has 5 amide bonds. The van der Waals surface area contributed by atoms with Crippen LogP contribution < -0.4 is 5.32 Å². The van der Waals surface area contributed by atoms with Crippen molar-refractivity contribution < 1.29 is 38.9 Å². The number of carboxylic acid groups (broad SMARTS) is 1. The minimum Gasteiger partial charge on any atom is -0.507 e. The molecule has 14 heteroatoms. The van der Waals surface area contributed by atoms with Crippen molar-refractivity contribution >= 4 is 63.3 Å². The topological polar surface area (TPSA) is 178 Å². The van der Waals surface area contributed by atoms with E-state index in [2.05, 4.69) is 54.4 Å². The van der Waals surface area contributed by atoms with E-state index in [1.54, 1.807) is 12.1 Å². The standard InChI is InChI=1S/C34H32BrN5O8/c35-26-21-23(9-10-28(26)41)22-29(32(45)37-17-6-2-1-5-16-36-30(42)11-12-31(43)44)48-34(47)39-18-14-25(15-19-39)40-20-13-24-7-3-4-8-27(24)38-33(40)46/h1-4,7-10,21,25,29,41H,11-15,18-20,22H2,(H,38,46)(H,43,44)/t29-/m1/s1. The zero-order valence-electron chi connectivity index (χ0n) is 25.7. The van der Waals surface area contributed by atoms with E-state index in [1.165, 1.54) is 23.1 Å². The normalized spacial score (nSPS) is 14.6. The van der Waals surface area contributed by atoms with Crippen LogP contribution in [0.1, 0.15) is 36.8 Å². The predicted molar refractivity (Wildman–Crippen MR) is 178 cm³/mol. The van der Waals surface area contributed by atoms with Gasteiger partial charge < -0.3 is 30.1 Å². The summed E-state index contributed by atoms with van der Waals surface area (Å²) < 4.78 is 6.04. The number of benzene rings is 2. The molecule has 48 heavy (non-hydrogen) atoms. The number of para-hydroxylation sites is 1. The Labute approximate surface area is 284 Å². The van der Waals surface area contributed by atoms with E-state index in [0.717, 1.165) is 17.7 Å². The lowest BCUT2D eigenvalue weighted by Crippen LogP contribution is -2.50. The van der Waals surface area contributed by atoms with Gasteiger partial charge >= 0.3 is 18.1 Å². The first-order valence-corrected chi connectivity index (χ1v) is 15.8. The molecule has 0 radical (unpaired) electrons. The number of nitrogens with zero attached hydrogens (tertiary/aromatic N) is 4. The minimum atomic E-state index is -1.31. The van der Waals surface area contributed by atoms with E-state index >= 15 is 0 Å². The molecule has 0 unspecified atom stereocenters. The molecule has 4 rings (SSSR count). The number of phenols is 1. The Morgan fingerprint density at radius 2 is 1.73 bits per heavy atom. The van der Waals surface area contributed by atoms with Crippen molar-refractivity contribution in [2.75, 3.05) is 25.0 Å². The number of aromatic hydroxyl groups is 1. The molecular formula is C34H32BrN5O8. The molecule has 248 valence electrons. The van der Waals surface area contributed by atoms with Crippen LogP contribution in [0.15, 0.2) is 80.5 Å². The summed E-state index contributed by atoms with van der Waals surface area (Å²) in [5.41, 5.74) is 7.40. The Hall–Kier alpha value is -5.47. The Balaban J connectivity index is 1.39. The van der Waals surface area contributed by atoms with Crippen LogP contribution in [-0.2, 0) is 32.0 Å². The summed E-state index contributed by atoms with van der Waals surface area (Å²) in [7, 11) is 0. The van der Waals surface area contributed by atoms with E-state index in [0.29, 0.717) is 42.5 Å². The second-order valence-electron chi connectivity index (χ2n) is 10.8. The lowest BCUT2D eigenvalue weighted by molar-refractivity contribution is -0.138. The van der Waals surface area contributed by atoms with Crippen LogP contribution in [0.25, 0.3) is 0 Å². The van der Waals surface area contributed by atoms with E-state index in [1.807, 2.05) is 29.2 Å². The molecule has 2 aromatic rings. The van der Waals surface area contributed by atoms with Crippen LogP contribution in [0.4, 0.5) is 15.3 Å². The molecule has 2 aliphatic heterocycles. The Morgan fingerprint density at radius 3 is 2.44 bits per heavy atom. The van der Waals surface area contributed by atoms with Gasteiger partial charge in [0.05, 0.1) is 10.9 Å². The van der Waals surface area contributed by atoms with E-state index in [-0.39, 0.29) is 37.1 Å². The highest BCUT2D eigenvalue weighted by Gasteiger charge is 2.33. The smallest absolute Gasteiger partial charge is 0.410 e. The molecule has 13 nitrogen and oxygen atoms in total. The third-order valence-corrected chi connectivity index (χ3v) is 8.17. The maximum atomic E-state index is 13.2. The van der Waals surface area contributed by atoms with Crippen molar-refractivity contribution in [3.63, 3.8) is 0 Å². The van der Waals surface area contributed by atoms with Crippen LogP contribution in [0.2, 0.25) is 0 Å². The van der Waals surface area contributed by atoms with Crippen molar-refractivity contribution in [3.05, 3.63) is 81.7 Å². The van der Waals surface area contributed by atoms with Crippen LogP contribution in [-0.4, -0.2) is 93.4 Å². The molecule has 2 aromatic carbocycles. The number of ether oxygens (including phenoxy) is 1. The van der Waals surface area contributed by atoms with Gasteiger partial charge in [0.25, 0.3) is 11.8 Å². The van der Waals surface area contributed by atoms with Gasteiger partial charge in [-0.25, -0.2) is 9.59 Å². The molecule has 0 aliphatic carbocycles. The van der Waals surface area contributed by atoms with Gasteiger partial charge in [0.2, 0.25) is 0 Å². The number of halogens is 1. The number of likely N-dealkylation sites (tertiary alicyclic amines) is 1. The molecule has 3 N–H and O–H groups in total. The van der Waals surface area contributed by atoms with Gasteiger partial charge in [0, 0.05) is 55.9 Å². The highest BCUT2D eigenvalue weighted by Crippen LogP contribution is 2.27. The second kappa shape index (κ2) is 17.4. The number of phenolic OH excluding ortho intramolecular Hbond substituents is 1. The lowest BCUT2D eigenvalue weighted by atomic mass is 10.0. The number of amides is 5. The molecule has 2 aliphatic rings. The molecule has 0 saturated carbocycles. The second-order valence-corrected chi connectivity index (χ2v) is 11.7. The monoisotopic (exact) mass is 717 g/mol. The fourth-order valence-corrected chi connectivity index (χ4v) is 5.47. The number of aliphatic imine (C=N–C) groups is 2. The maximum Gasteiger partial charge on any atom is 0.410 e. The number of carboxylic acids is 1. The van der Waals surface area contributed by atoms with Crippen molar-refractivity contribution in [1.82, 2.24) is 9.80 Å². The number of urea groups is 1. The third-order valence-electron chi connectivity index (χ3n) is 7.54. The van der Waals surface area contributed by atoms with Crippen LogP contribution in [0.3, 0.4) is 0 Å². The predicted octanol–water partition coefficient (Wildman–Crippen LogP) is 4.44. The number of carbonyl (C=O) groups excluding carboxylic acids is 4. The van der Waals surface area contributed by atoms with Crippen molar-refractivity contribution in [2.24, 2.45) is 9.98 Å². The summed E-state index contributed by atoms with van der Waals surface area (Å²) in [6.45, 7) is 1.21. The lowest BCUT2D eigenvalue weighted by Gasteiger charge is -2.37. The number of rotatable bonds is 9. The summed E-state index contributed by atoms with van der Waals surface area (Å²) in [4.78, 5) is 71.5. The van der Waals surface area contributed by atoms with E-state index in [9.17, 15) is 29.1 Å². The minimum absolute atomic E-state index is 0.00586. The molecule has 0 spiro atoms. The fraction of sp³-hybridized carbons (Fsp3) is 0.324. The van der Waals surface area contributed by atoms with Gasteiger partial charge in [-0.05, 0) is 88.1 Å². The summed E-state index contributed by atoms with van der Waals surface area (Å²) in [6.07, 6.45) is 1.70. The Bertz CT molecular complexity index is 1770. The third kappa shape index (κ3) is 10.5. The van der Waals surface area contributed by atoms with Gasteiger partial charge in [0.15, 0.2) is 6.10 Å². The van der Waals surface area contributed by atoms with Crippen molar-refractivity contribution in [3.8, 4) is 5.75 Å². The number of nitrogens with one attached hydrogen (secondary N) is 1. The average molecular weight is 719 g/mol. The van der Waals surface area contributed by atoms with Gasteiger partial charge in [-0.3, -0.25) is 14.4 Å². The van der Waals surface area contributed by atoms with Gasteiger partial charge in [-0.2, -0.15) is 9.98 Å². The van der Waals surface area contributed by atoms with E-state index in [4.69, 9.17) is 9.84 Å². The fourth-order valence-electron chi connectivity index (χ4n) is 5.05. The summed E-state index contributed by atoms with van der Waals surface area (Å²) in [5, 5.41) is 21.4.